The zero-order valence-electron chi connectivity index (χ0n) is 12.9. The van der Waals surface area contributed by atoms with E-state index >= 15 is 0 Å². The van der Waals surface area contributed by atoms with Crippen molar-refractivity contribution >= 4 is 20.6 Å². The Bertz CT molecular complexity index is 331. The molecule has 0 aromatic carbocycles. The van der Waals surface area contributed by atoms with Crippen molar-refractivity contribution in [3.63, 3.8) is 0 Å². The van der Waals surface area contributed by atoms with Crippen LogP contribution in [0, 0.1) is 0 Å². The van der Waals surface area contributed by atoms with E-state index < -0.39 is 20.5 Å². The van der Waals surface area contributed by atoms with Crippen molar-refractivity contribution in [1.29, 1.82) is 0 Å². The number of hydrogen-bond acceptors (Lipinski definition) is 4. The van der Waals surface area contributed by atoms with E-state index in [-0.39, 0.29) is 11.0 Å². The molecule has 110 valence electrons. The monoisotopic (exact) mass is 286 g/mol. The Kier molecular flexibility index (Phi) is 6.66. The number of carbonyl (C=O) groups excluding carboxylic acids is 2. The molecule has 0 N–H and O–H groups in total. The van der Waals surface area contributed by atoms with Gasteiger partial charge in [-0.2, -0.15) is 0 Å². The Balaban J connectivity index is 4.72. The molecule has 0 aromatic rings. The van der Waals surface area contributed by atoms with E-state index in [0.29, 0.717) is 6.42 Å². The lowest BCUT2D eigenvalue weighted by atomic mass is 10.2. The van der Waals surface area contributed by atoms with E-state index in [2.05, 4.69) is 40.4 Å². The van der Waals surface area contributed by atoms with Crippen molar-refractivity contribution in [3.05, 3.63) is 12.7 Å². The lowest BCUT2D eigenvalue weighted by molar-refractivity contribution is -0.145. The average molecular weight is 286 g/mol. The smallest absolute Gasteiger partial charge is 0.303 e. The van der Waals surface area contributed by atoms with E-state index in [1.165, 1.54) is 13.0 Å². The van der Waals surface area contributed by atoms with Crippen LogP contribution in [0.5, 0.6) is 0 Å². The molecule has 0 amide bonds. The molecule has 0 saturated heterocycles. The maximum Gasteiger partial charge on any atom is 0.303 e. The standard InChI is InChI=1S/C14H26O4Si/c1-8-12(17-11(2)16)9-13(10-15)18-19(6,7)14(3,4)5/h8,10,12-13H,1,9H2,2-7H3/t12-,13+/m1/s1. The van der Waals surface area contributed by atoms with E-state index in [1.54, 1.807) is 0 Å². The number of rotatable bonds is 7. The Morgan fingerprint density at radius 1 is 1.32 bits per heavy atom. The lowest BCUT2D eigenvalue weighted by Crippen LogP contribution is -2.45. The molecule has 0 heterocycles. The minimum atomic E-state index is -2.01. The topological polar surface area (TPSA) is 52.6 Å². The molecule has 0 spiro atoms. The van der Waals surface area contributed by atoms with Crippen molar-refractivity contribution < 1.29 is 18.8 Å². The van der Waals surface area contributed by atoms with Crippen LogP contribution in [0.3, 0.4) is 0 Å². The van der Waals surface area contributed by atoms with Gasteiger partial charge in [-0.1, -0.05) is 33.4 Å². The van der Waals surface area contributed by atoms with Crippen LogP contribution in [-0.4, -0.2) is 32.8 Å². The summed E-state index contributed by atoms with van der Waals surface area (Å²) >= 11 is 0. The molecule has 0 aromatic heterocycles. The molecule has 0 unspecified atom stereocenters. The van der Waals surface area contributed by atoms with E-state index in [0.717, 1.165) is 6.29 Å². The summed E-state index contributed by atoms with van der Waals surface area (Å²) in [5, 5.41) is 0.0272. The average Bonchev–Trinajstić information content (AvgIpc) is 2.24. The molecular formula is C14H26O4Si. The predicted molar refractivity (Wildman–Crippen MR) is 78.5 cm³/mol. The van der Waals surface area contributed by atoms with Crippen LogP contribution in [-0.2, 0) is 18.8 Å². The van der Waals surface area contributed by atoms with Crippen molar-refractivity contribution in [3.8, 4) is 0 Å². The Labute approximate surface area is 117 Å². The molecule has 0 radical (unpaired) electrons. The maximum atomic E-state index is 11.2. The second kappa shape index (κ2) is 7.00. The number of aldehydes is 1. The zero-order valence-corrected chi connectivity index (χ0v) is 13.9. The lowest BCUT2D eigenvalue weighted by Gasteiger charge is -2.38. The van der Waals surface area contributed by atoms with Gasteiger partial charge in [-0.25, -0.2) is 0 Å². The highest BCUT2D eigenvalue weighted by Crippen LogP contribution is 2.37. The molecule has 19 heavy (non-hydrogen) atoms. The number of esters is 1. The van der Waals surface area contributed by atoms with Gasteiger partial charge in [0.1, 0.15) is 18.5 Å². The van der Waals surface area contributed by atoms with Gasteiger partial charge in [0, 0.05) is 13.3 Å². The van der Waals surface area contributed by atoms with Crippen LogP contribution in [0.15, 0.2) is 12.7 Å². The summed E-state index contributed by atoms with van der Waals surface area (Å²) < 4.78 is 11.0. The minimum Gasteiger partial charge on any atom is -0.458 e. The van der Waals surface area contributed by atoms with Crippen molar-refractivity contribution in [2.45, 2.75) is 64.5 Å². The van der Waals surface area contributed by atoms with Crippen LogP contribution < -0.4 is 0 Å². The van der Waals surface area contributed by atoms with Crippen molar-refractivity contribution in [2.24, 2.45) is 0 Å². The fourth-order valence-corrected chi connectivity index (χ4v) is 2.58. The third-order valence-electron chi connectivity index (χ3n) is 3.45. The molecule has 5 heteroatoms. The van der Waals surface area contributed by atoms with Crippen LogP contribution in [0.4, 0.5) is 0 Å². The van der Waals surface area contributed by atoms with Gasteiger partial charge < -0.3 is 14.0 Å². The Hall–Kier alpha value is -0.943. The molecule has 0 aliphatic heterocycles. The SMILES string of the molecule is C=C[C@H](C[C@@H](C=O)O[Si](C)(C)C(C)(C)C)OC(C)=O. The van der Waals surface area contributed by atoms with Gasteiger partial charge in [-0.3, -0.25) is 4.79 Å². The minimum absolute atomic E-state index is 0.0272. The summed E-state index contributed by atoms with van der Waals surface area (Å²) in [6.45, 7) is 15.4. The van der Waals surface area contributed by atoms with Gasteiger partial charge in [0.15, 0.2) is 8.32 Å². The van der Waals surface area contributed by atoms with Gasteiger partial charge in [0.2, 0.25) is 0 Å². The normalized spacial score (nSPS) is 15.5. The highest BCUT2D eigenvalue weighted by molar-refractivity contribution is 6.74. The molecule has 0 rings (SSSR count). The number of carbonyl (C=O) groups is 2. The van der Waals surface area contributed by atoms with Crippen molar-refractivity contribution in [2.75, 3.05) is 0 Å². The molecule has 0 saturated carbocycles. The summed E-state index contributed by atoms with van der Waals surface area (Å²) in [7, 11) is -2.01. The van der Waals surface area contributed by atoms with Crippen LogP contribution in [0.25, 0.3) is 0 Å². The molecule has 0 bridgehead atoms. The first-order chi connectivity index (χ1) is 8.53. The summed E-state index contributed by atoms with van der Waals surface area (Å²) in [6.07, 6.45) is 1.56. The van der Waals surface area contributed by atoms with Gasteiger partial charge >= 0.3 is 5.97 Å². The van der Waals surface area contributed by atoms with Gasteiger partial charge in [-0.15, -0.1) is 0 Å². The van der Waals surface area contributed by atoms with Crippen LogP contribution in [0.1, 0.15) is 34.1 Å². The van der Waals surface area contributed by atoms with E-state index in [4.69, 9.17) is 9.16 Å². The fourth-order valence-electron chi connectivity index (χ4n) is 1.32. The largest absolute Gasteiger partial charge is 0.458 e. The third-order valence-corrected chi connectivity index (χ3v) is 7.95. The summed E-state index contributed by atoms with van der Waals surface area (Å²) in [6, 6.07) is 0. The number of ether oxygens (including phenoxy) is 1. The van der Waals surface area contributed by atoms with Gasteiger partial charge in [0.25, 0.3) is 0 Å². The molecule has 4 nitrogen and oxygen atoms in total. The fraction of sp³-hybridized carbons (Fsp3) is 0.714. The van der Waals surface area contributed by atoms with Gasteiger partial charge in [-0.05, 0) is 18.1 Å². The Morgan fingerprint density at radius 3 is 2.16 bits per heavy atom. The first kappa shape index (κ1) is 18.1. The Morgan fingerprint density at radius 2 is 1.84 bits per heavy atom. The highest BCUT2D eigenvalue weighted by Gasteiger charge is 2.39. The maximum absolute atomic E-state index is 11.2. The quantitative estimate of drug-likeness (QED) is 0.312. The second-order valence-electron chi connectivity index (χ2n) is 6.17. The van der Waals surface area contributed by atoms with Crippen LogP contribution in [0.2, 0.25) is 18.1 Å². The predicted octanol–water partition coefficient (Wildman–Crippen LogP) is 3.08. The van der Waals surface area contributed by atoms with Gasteiger partial charge in [0.05, 0.1) is 0 Å². The van der Waals surface area contributed by atoms with Crippen molar-refractivity contribution in [1.82, 2.24) is 0 Å². The molecular weight excluding hydrogens is 260 g/mol. The molecule has 0 aliphatic carbocycles. The molecule has 0 aliphatic rings. The molecule has 0 fully saturated rings. The zero-order chi connectivity index (χ0) is 15.3. The summed E-state index contributed by atoms with van der Waals surface area (Å²) in [5.41, 5.74) is 0. The summed E-state index contributed by atoms with van der Waals surface area (Å²) in [5.74, 6) is -0.387. The van der Waals surface area contributed by atoms with E-state index in [1.807, 2.05) is 0 Å². The van der Waals surface area contributed by atoms with Crippen LogP contribution >= 0.6 is 0 Å². The number of hydrogen-bond donors (Lipinski definition) is 0. The third kappa shape index (κ3) is 6.16. The second-order valence-corrected chi connectivity index (χ2v) is 10.9. The first-order valence-corrected chi connectivity index (χ1v) is 9.37. The molecule has 2 atom stereocenters. The highest BCUT2D eigenvalue weighted by atomic mass is 28.4. The van der Waals surface area contributed by atoms with E-state index in [9.17, 15) is 9.59 Å². The first-order valence-electron chi connectivity index (χ1n) is 6.46. The summed E-state index contributed by atoms with van der Waals surface area (Å²) in [4.78, 5) is 22.1.